The minimum Gasteiger partial charge on any atom is -0.382 e. The Kier molecular flexibility index (Phi) is 4.09. The first kappa shape index (κ1) is 16.5. The Labute approximate surface area is 152 Å². The van der Waals surface area contributed by atoms with E-state index >= 15 is 0 Å². The van der Waals surface area contributed by atoms with Crippen molar-refractivity contribution in [2.24, 2.45) is 0 Å². The van der Waals surface area contributed by atoms with Crippen molar-refractivity contribution >= 4 is 11.4 Å². The Hall–Kier alpha value is -2.92. The van der Waals surface area contributed by atoms with E-state index in [1.54, 1.807) is 6.08 Å². The van der Waals surface area contributed by atoms with E-state index in [4.69, 9.17) is 4.74 Å². The molecule has 1 unspecified atom stereocenters. The van der Waals surface area contributed by atoms with Gasteiger partial charge in [-0.3, -0.25) is 10.1 Å². The van der Waals surface area contributed by atoms with Crippen molar-refractivity contribution in [2.45, 2.75) is 26.0 Å². The van der Waals surface area contributed by atoms with E-state index in [0.29, 0.717) is 4.48 Å². The molecule has 0 aromatic heterocycles. The fourth-order valence-electron chi connectivity index (χ4n) is 4.05. The topological polar surface area (TPSA) is 52.4 Å². The molecule has 5 heteroatoms. The van der Waals surface area contributed by atoms with Crippen LogP contribution in [0.4, 0.5) is 11.4 Å². The maximum Gasteiger partial charge on any atom is 0.432 e. The number of benzene rings is 2. The van der Waals surface area contributed by atoms with Crippen LogP contribution in [-0.4, -0.2) is 17.7 Å². The lowest BCUT2D eigenvalue weighted by Crippen LogP contribution is -2.53. The first-order chi connectivity index (χ1) is 12.7. The summed E-state index contributed by atoms with van der Waals surface area (Å²) in [5, 5.41) is 11.3. The third-order valence-electron chi connectivity index (χ3n) is 5.19. The van der Waals surface area contributed by atoms with E-state index in [9.17, 15) is 10.1 Å². The fourth-order valence-corrected chi connectivity index (χ4v) is 4.05. The van der Waals surface area contributed by atoms with Gasteiger partial charge in [-0.2, -0.15) is 0 Å². The summed E-state index contributed by atoms with van der Waals surface area (Å²) >= 11 is 0. The lowest BCUT2D eigenvalue weighted by atomic mass is 10.1. The van der Waals surface area contributed by atoms with E-state index < -0.39 is 11.2 Å². The van der Waals surface area contributed by atoms with Gasteiger partial charge in [-0.15, -0.1) is 0 Å². The molecule has 0 amide bonds. The number of quaternary nitrogens is 1. The second kappa shape index (κ2) is 6.42. The van der Waals surface area contributed by atoms with Crippen LogP contribution < -0.4 is 4.48 Å². The van der Waals surface area contributed by atoms with Gasteiger partial charge in [-0.1, -0.05) is 37.6 Å². The van der Waals surface area contributed by atoms with Crippen LogP contribution in [0.15, 0.2) is 72.6 Å². The number of nitrogens with zero attached hydrogens (tertiary/aromatic N) is 2. The quantitative estimate of drug-likeness (QED) is 0.427. The van der Waals surface area contributed by atoms with Crippen molar-refractivity contribution in [1.82, 2.24) is 4.48 Å². The molecule has 0 N–H and O–H groups in total. The number of fused-ring (bicyclic) bond motifs is 3. The molecular weight excluding hydrogens is 328 g/mol. The molecule has 2 aliphatic rings. The van der Waals surface area contributed by atoms with Gasteiger partial charge in [0, 0.05) is 29.3 Å². The summed E-state index contributed by atoms with van der Waals surface area (Å²) in [5.41, 5.74) is 4.63. The molecule has 0 saturated carbocycles. The number of ether oxygens (including phenoxy) is 1. The average Bonchev–Trinajstić information content (AvgIpc) is 2.98. The van der Waals surface area contributed by atoms with Gasteiger partial charge in [0.05, 0.1) is 12.6 Å². The lowest BCUT2D eigenvalue weighted by Gasteiger charge is -2.39. The third kappa shape index (κ3) is 2.35. The smallest absolute Gasteiger partial charge is 0.382 e. The molecule has 0 bridgehead atoms. The van der Waals surface area contributed by atoms with Crippen molar-refractivity contribution in [1.29, 1.82) is 0 Å². The maximum absolute atomic E-state index is 11.3. The standard InChI is InChI=1S/C21H21N2O3/c1-2-3-15-23(21-14-8-13-20(26-21)22(24)25)18-11-6-4-9-16(18)17-10-5-7-12-19(17)23/h4-14,21H,2-3,15H2,1H3/q+1. The second-order valence-electron chi connectivity index (χ2n) is 6.64. The van der Waals surface area contributed by atoms with Gasteiger partial charge < -0.3 is 4.74 Å². The third-order valence-corrected chi connectivity index (χ3v) is 5.19. The predicted molar refractivity (Wildman–Crippen MR) is 102 cm³/mol. The molecule has 4 rings (SSSR count). The molecule has 0 fully saturated rings. The Balaban J connectivity index is 1.92. The molecule has 2 heterocycles. The Bertz CT molecular complexity index is 871. The summed E-state index contributed by atoms with van der Waals surface area (Å²) in [4.78, 5) is 10.8. The molecule has 0 radical (unpaired) electrons. The molecule has 5 nitrogen and oxygen atoms in total. The highest BCUT2D eigenvalue weighted by molar-refractivity contribution is 5.94. The van der Waals surface area contributed by atoms with Crippen LogP contribution in [0.2, 0.25) is 0 Å². The summed E-state index contributed by atoms with van der Waals surface area (Å²) in [6, 6.07) is 16.6. The zero-order chi connectivity index (χ0) is 18.1. The highest BCUT2D eigenvalue weighted by Gasteiger charge is 2.50. The van der Waals surface area contributed by atoms with E-state index in [-0.39, 0.29) is 5.88 Å². The highest BCUT2D eigenvalue weighted by Crippen LogP contribution is 2.55. The summed E-state index contributed by atoms with van der Waals surface area (Å²) in [7, 11) is 0. The molecule has 0 aliphatic carbocycles. The van der Waals surface area contributed by atoms with Crippen LogP contribution in [0.25, 0.3) is 11.1 Å². The van der Waals surface area contributed by atoms with E-state index in [1.165, 1.54) is 17.2 Å². The van der Waals surface area contributed by atoms with Crippen LogP contribution in [-0.2, 0) is 4.74 Å². The average molecular weight is 349 g/mol. The Morgan fingerprint density at radius 2 is 1.69 bits per heavy atom. The molecule has 2 aromatic rings. The zero-order valence-electron chi connectivity index (χ0n) is 14.7. The number of hydrogen-bond donors (Lipinski definition) is 0. The molecule has 1 atom stereocenters. The second-order valence-corrected chi connectivity index (χ2v) is 6.64. The van der Waals surface area contributed by atoms with Crippen molar-refractivity contribution in [2.75, 3.05) is 6.54 Å². The van der Waals surface area contributed by atoms with Gasteiger partial charge in [0.25, 0.3) is 6.23 Å². The van der Waals surface area contributed by atoms with Gasteiger partial charge in [-0.25, -0.2) is 4.48 Å². The van der Waals surface area contributed by atoms with Gasteiger partial charge in [0.1, 0.15) is 16.3 Å². The van der Waals surface area contributed by atoms with E-state index in [0.717, 1.165) is 30.8 Å². The number of para-hydroxylation sites is 2. The maximum atomic E-state index is 11.3. The molecule has 2 aliphatic heterocycles. The van der Waals surface area contributed by atoms with Crippen LogP contribution in [0.3, 0.4) is 0 Å². The Morgan fingerprint density at radius 3 is 2.27 bits per heavy atom. The van der Waals surface area contributed by atoms with Crippen molar-refractivity contribution in [3.63, 3.8) is 0 Å². The Morgan fingerprint density at radius 1 is 1.08 bits per heavy atom. The molecule has 2 aromatic carbocycles. The van der Waals surface area contributed by atoms with E-state index in [1.807, 2.05) is 30.3 Å². The number of unbranched alkanes of at least 4 members (excludes halogenated alkanes) is 1. The monoisotopic (exact) mass is 349 g/mol. The minimum absolute atomic E-state index is 0.201. The number of nitro groups is 1. The van der Waals surface area contributed by atoms with Gasteiger partial charge in [0.15, 0.2) is 0 Å². The van der Waals surface area contributed by atoms with E-state index in [2.05, 4.69) is 31.2 Å². The van der Waals surface area contributed by atoms with Crippen LogP contribution in [0.5, 0.6) is 0 Å². The van der Waals surface area contributed by atoms with Gasteiger partial charge in [0.2, 0.25) is 0 Å². The van der Waals surface area contributed by atoms with Crippen LogP contribution >= 0.6 is 0 Å². The van der Waals surface area contributed by atoms with Crippen molar-refractivity contribution in [3.05, 3.63) is 82.8 Å². The number of hydrogen-bond acceptors (Lipinski definition) is 3. The van der Waals surface area contributed by atoms with Gasteiger partial charge >= 0.3 is 5.88 Å². The molecule has 132 valence electrons. The number of rotatable bonds is 5. The minimum atomic E-state index is -0.461. The summed E-state index contributed by atoms with van der Waals surface area (Å²) in [6.07, 6.45) is 6.66. The fraction of sp³-hybridized carbons (Fsp3) is 0.238. The normalized spacial score (nSPS) is 19.3. The van der Waals surface area contributed by atoms with Crippen LogP contribution in [0, 0.1) is 10.1 Å². The first-order valence-electron chi connectivity index (χ1n) is 8.95. The highest BCUT2D eigenvalue weighted by atomic mass is 16.7. The first-order valence-corrected chi connectivity index (χ1v) is 8.95. The SMILES string of the molecule is CCCC[N+]1(C2C=CC=C([N+](=O)[O-])O2)c2ccccc2-c2ccccc21. The molecule has 0 saturated heterocycles. The number of allylic oxidation sites excluding steroid dienone is 2. The largest absolute Gasteiger partial charge is 0.432 e. The predicted octanol–water partition coefficient (Wildman–Crippen LogP) is 5.14. The van der Waals surface area contributed by atoms with Crippen molar-refractivity contribution in [3.8, 4) is 11.1 Å². The molecular formula is C21H21N2O3+. The summed E-state index contributed by atoms with van der Waals surface area (Å²) < 4.78 is 6.35. The summed E-state index contributed by atoms with van der Waals surface area (Å²) in [5.74, 6) is -0.201. The molecule has 26 heavy (non-hydrogen) atoms. The zero-order valence-corrected chi connectivity index (χ0v) is 14.7. The van der Waals surface area contributed by atoms with Crippen molar-refractivity contribution < 1.29 is 9.66 Å². The van der Waals surface area contributed by atoms with Crippen LogP contribution in [0.1, 0.15) is 19.8 Å². The van der Waals surface area contributed by atoms with Gasteiger partial charge in [-0.05, 0) is 24.6 Å². The lowest BCUT2D eigenvalue weighted by molar-refractivity contribution is -0.468. The summed E-state index contributed by atoms with van der Waals surface area (Å²) in [6.45, 7) is 2.98. The molecule has 0 spiro atoms.